The first-order valence-electron chi connectivity index (χ1n) is 8.52. The Balaban J connectivity index is 1.73. The summed E-state index contributed by atoms with van der Waals surface area (Å²) < 4.78 is 5.73. The summed E-state index contributed by atoms with van der Waals surface area (Å²) in [5.74, 6) is -3.63. The monoisotopic (exact) mass is 364 g/mol. The summed E-state index contributed by atoms with van der Waals surface area (Å²) in [5, 5.41) is 32.0. The molecule has 1 saturated heterocycles. The molecule has 0 spiro atoms. The number of carbonyl (C=O) groups is 3. The van der Waals surface area contributed by atoms with Gasteiger partial charge in [-0.15, -0.1) is 0 Å². The Morgan fingerprint density at radius 2 is 1.59 bits per heavy atom. The molecule has 1 saturated carbocycles. The molecule has 4 atom stereocenters. The van der Waals surface area contributed by atoms with Crippen molar-refractivity contribution in [1.82, 2.24) is 0 Å². The molecule has 1 heterocycles. The summed E-state index contributed by atoms with van der Waals surface area (Å²) >= 11 is 0. The SMILES string of the molecule is O=C1c2c(O)cccc2[C@]2(O)C[C@H]1[C@]13O[C@]21C(=O)c1c(O)cccc1C3=O. The van der Waals surface area contributed by atoms with Gasteiger partial charge in [0.25, 0.3) is 0 Å². The lowest BCUT2D eigenvalue weighted by molar-refractivity contribution is -0.0490. The molecule has 0 amide bonds. The smallest absolute Gasteiger partial charge is 0.206 e. The number of epoxide rings is 1. The van der Waals surface area contributed by atoms with Crippen LogP contribution in [0.5, 0.6) is 11.5 Å². The fraction of sp³-hybridized carbons (Fsp3) is 0.250. The number of hydrogen-bond donors (Lipinski definition) is 3. The Hall–Kier alpha value is -3.03. The molecule has 2 aromatic carbocycles. The third-order valence-corrected chi connectivity index (χ3v) is 6.59. The number of benzene rings is 2. The van der Waals surface area contributed by atoms with Gasteiger partial charge in [-0.3, -0.25) is 14.4 Å². The van der Waals surface area contributed by atoms with Gasteiger partial charge in [0.15, 0.2) is 17.2 Å². The maximum absolute atomic E-state index is 13.4. The van der Waals surface area contributed by atoms with E-state index in [1.165, 1.54) is 36.4 Å². The first-order chi connectivity index (χ1) is 12.8. The van der Waals surface area contributed by atoms with Crippen LogP contribution in [-0.2, 0) is 10.3 Å². The van der Waals surface area contributed by atoms with Crippen LogP contribution >= 0.6 is 0 Å². The summed E-state index contributed by atoms with van der Waals surface area (Å²) in [6.45, 7) is 0. The molecule has 27 heavy (non-hydrogen) atoms. The maximum Gasteiger partial charge on any atom is 0.206 e. The fourth-order valence-corrected chi connectivity index (χ4v) is 5.51. The molecule has 0 unspecified atom stereocenters. The molecule has 2 bridgehead atoms. The minimum Gasteiger partial charge on any atom is -0.507 e. The molecule has 7 heteroatoms. The number of aliphatic hydroxyl groups is 1. The highest BCUT2D eigenvalue weighted by atomic mass is 16.7. The summed E-state index contributed by atoms with van der Waals surface area (Å²) in [6, 6.07) is 8.35. The molecule has 2 fully saturated rings. The highest BCUT2D eigenvalue weighted by molar-refractivity contribution is 6.30. The van der Waals surface area contributed by atoms with E-state index in [0.717, 1.165) is 0 Å². The lowest BCUT2D eigenvalue weighted by Gasteiger charge is -2.35. The second-order valence-corrected chi connectivity index (χ2v) is 7.56. The Labute approximate surface area is 151 Å². The second-order valence-electron chi connectivity index (χ2n) is 7.56. The lowest BCUT2D eigenvalue weighted by atomic mass is 9.69. The first kappa shape index (κ1) is 15.1. The summed E-state index contributed by atoms with van der Waals surface area (Å²) in [6.07, 6.45) is -0.158. The van der Waals surface area contributed by atoms with E-state index >= 15 is 0 Å². The zero-order chi connectivity index (χ0) is 18.9. The van der Waals surface area contributed by atoms with Crippen LogP contribution in [0.1, 0.15) is 43.1 Å². The van der Waals surface area contributed by atoms with Crippen LogP contribution < -0.4 is 0 Å². The number of Topliss-reactive ketones (excluding diaryl/α,β-unsaturated/α-hetero) is 3. The van der Waals surface area contributed by atoms with Crippen molar-refractivity contribution in [2.24, 2.45) is 5.92 Å². The molecular weight excluding hydrogens is 352 g/mol. The molecular formula is C20H12O7. The number of carbonyl (C=O) groups excluding carboxylic acids is 3. The quantitative estimate of drug-likeness (QED) is 0.598. The summed E-state index contributed by atoms with van der Waals surface area (Å²) in [5.41, 5.74) is -5.96. The molecule has 1 aliphatic heterocycles. The first-order valence-corrected chi connectivity index (χ1v) is 8.52. The Bertz CT molecular complexity index is 1150. The average Bonchev–Trinajstić information content (AvgIpc) is 3.32. The molecule has 7 nitrogen and oxygen atoms in total. The van der Waals surface area contributed by atoms with Crippen molar-refractivity contribution < 1.29 is 34.4 Å². The largest absolute Gasteiger partial charge is 0.507 e. The summed E-state index contributed by atoms with van der Waals surface area (Å²) in [4.78, 5) is 39.8. The van der Waals surface area contributed by atoms with Gasteiger partial charge in [-0.1, -0.05) is 24.3 Å². The second kappa shape index (κ2) is 3.95. The third-order valence-electron chi connectivity index (χ3n) is 6.59. The highest BCUT2D eigenvalue weighted by Gasteiger charge is 2.96. The van der Waals surface area contributed by atoms with Crippen LogP contribution in [0, 0.1) is 5.92 Å². The van der Waals surface area contributed by atoms with Crippen LogP contribution in [0.4, 0.5) is 0 Å². The van der Waals surface area contributed by atoms with Crippen LogP contribution in [-0.4, -0.2) is 43.9 Å². The molecule has 2 aromatic rings. The van der Waals surface area contributed by atoms with Gasteiger partial charge in [-0.25, -0.2) is 0 Å². The molecule has 134 valence electrons. The van der Waals surface area contributed by atoms with Crippen LogP contribution in [0.25, 0.3) is 0 Å². The van der Waals surface area contributed by atoms with Crippen molar-refractivity contribution in [3.05, 3.63) is 58.7 Å². The van der Waals surface area contributed by atoms with Gasteiger partial charge in [-0.05, 0) is 18.6 Å². The van der Waals surface area contributed by atoms with E-state index in [2.05, 4.69) is 0 Å². The van der Waals surface area contributed by atoms with Gasteiger partial charge in [0.05, 0.1) is 17.0 Å². The predicted octanol–water partition coefficient (Wildman–Crippen LogP) is 1.09. The highest BCUT2D eigenvalue weighted by Crippen LogP contribution is 2.76. The van der Waals surface area contributed by atoms with E-state index in [4.69, 9.17) is 4.74 Å². The van der Waals surface area contributed by atoms with Crippen LogP contribution in [0.15, 0.2) is 36.4 Å². The molecule has 0 aromatic heterocycles. The van der Waals surface area contributed by atoms with E-state index in [9.17, 15) is 29.7 Å². The van der Waals surface area contributed by atoms with E-state index < -0.39 is 40.1 Å². The van der Waals surface area contributed by atoms with E-state index in [1.807, 2.05) is 0 Å². The normalized spacial score (nSPS) is 37.4. The van der Waals surface area contributed by atoms with Crippen molar-refractivity contribution >= 4 is 17.3 Å². The van der Waals surface area contributed by atoms with E-state index in [1.54, 1.807) is 0 Å². The van der Waals surface area contributed by atoms with E-state index in [0.29, 0.717) is 0 Å². The number of rotatable bonds is 0. The van der Waals surface area contributed by atoms with Gasteiger partial charge >= 0.3 is 0 Å². The topological polar surface area (TPSA) is 124 Å². The van der Waals surface area contributed by atoms with Crippen LogP contribution in [0.2, 0.25) is 0 Å². The molecule has 4 aliphatic rings. The minimum atomic E-state index is -1.97. The number of ketones is 3. The lowest BCUT2D eigenvalue weighted by Crippen LogP contribution is -2.52. The van der Waals surface area contributed by atoms with Gasteiger partial charge in [0, 0.05) is 11.1 Å². The third kappa shape index (κ3) is 1.19. The number of fused-ring (bicyclic) bond motifs is 5. The Morgan fingerprint density at radius 1 is 0.926 bits per heavy atom. The maximum atomic E-state index is 13.4. The van der Waals surface area contributed by atoms with E-state index in [-0.39, 0.29) is 40.2 Å². The number of phenols is 2. The zero-order valence-electron chi connectivity index (χ0n) is 13.7. The predicted molar refractivity (Wildman–Crippen MR) is 87.8 cm³/mol. The number of hydrogen-bond acceptors (Lipinski definition) is 7. The molecule has 3 aliphatic carbocycles. The molecule has 0 radical (unpaired) electrons. The Kier molecular flexibility index (Phi) is 2.21. The average molecular weight is 364 g/mol. The van der Waals surface area contributed by atoms with Crippen molar-refractivity contribution in [2.45, 2.75) is 23.2 Å². The van der Waals surface area contributed by atoms with Gasteiger partial charge in [-0.2, -0.15) is 0 Å². The van der Waals surface area contributed by atoms with Crippen molar-refractivity contribution in [3.63, 3.8) is 0 Å². The van der Waals surface area contributed by atoms with Gasteiger partial charge < -0.3 is 20.1 Å². The number of ether oxygens (including phenoxy) is 1. The van der Waals surface area contributed by atoms with Gasteiger partial charge in [0.2, 0.25) is 11.4 Å². The zero-order valence-corrected chi connectivity index (χ0v) is 13.7. The van der Waals surface area contributed by atoms with Crippen LogP contribution in [0.3, 0.4) is 0 Å². The van der Waals surface area contributed by atoms with Crippen molar-refractivity contribution in [2.75, 3.05) is 0 Å². The number of aromatic hydroxyl groups is 2. The number of phenolic OH excluding ortho intramolecular Hbond substituents is 2. The van der Waals surface area contributed by atoms with Gasteiger partial charge in [0.1, 0.15) is 17.1 Å². The standard InChI is InChI=1S/C20H12O7/c21-11-5-1-3-8-13(11)17(25)20-18(26)7-10(19(20,27-20)16(8)24)15(23)14-9(18)4-2-6-12(14)22/h1-6,10,21-22,26H,7H2/t10-,18-,19-,20-/m1/s1. The summed E-state index contributed by atoms with van der Waals surface area (Å²) in [7, 11) is 0. The molecule has 3 N–H and O–H groups in total. The Morgan fingerprint density at radius 3 is 2.33 bits per heavy atom. The van der Waals surface area contributed by atoms with Crippen molar-refractivity contribution in [1.29, 1.82) is 0 Å². The van der Waals surface area contributed by atoms with Crippen molar-refractivity contribution in [3.8, 4) is 11.5 Å². The fourth-order valence-electron chi connectivity index (χ4n) is 5.51. The minimum absolute atomic E-state index is 0.0228. The molecule has 6 rings (SSSR count).